The fourth-order valence-electron chi connectivity index (χ4n) is 2.40. The molecule has 1 aliphatic heterocycles. The Balaban J connectivity index is 2.03. The van der Waals surface area contributed by atoms with Crippen molar-refractivity contribution in [3.63, 3.8) is 0 Å². The second kappa shape index (κ2) is 4.77. The van der Waals surface area contributed by atoms with Crippen LogP contribution in [0, 0.1) is 0 Å². The second-order valence-corrected chi connectivity index (χ2v) is 6.66. The molecule has 2 heterocycles. The lowest BCUT2D eigenvalue weighted by Gasteiger charge is -2.14. The lowest BCUT2D eigenvalue weighted by Crippen LogP contribution is -2.31. The van der Waals surface area contributed by atoms with Crippen LogP contribution in [0.5, 0.6) is 0 Å². The van der Waals surface area contributed by atoms with Crippen molar-refractivity contribution in [3.05, 3.63) is 27.5 Å². The molecule has 0 spiro atoms. The zero-order valence-electron chi connectivity index (χ0n) is 10.2. The van der Waals surface area contributed by atoms with Gasteiger partial charge in [-0.3, -0.25) is 4.79 Å². The topological polar surface area (TPSA) is 72.4 Å². The number of nitrogen functional groups attached to an aromatic ring is 1. The molecule has 1 unspecified atom stereocenters. The standard InChI is InChI=1S/C13H14BrN3OS/c14-8-2-1-3-9-10(8)11(16)12(19-9)13(18)17-5-4-7(15)6-17/h1-3,7H,4-6,15-16H2. The predicted molar refractivity (Wildman–Crippen MR) is 82.4 cm³/mol. The molecule has 1 fully saturated rings. The number of hydrogen-bond donors (Lipinski definition) is 2. The van der Waals surface area contributed by atoms with E-state index in [1.165, 1.54) is 11.3 Å². The van der Waals surface area contributed by atoms with Crippen LogP contribution in [-0.2, 0) is 0 Å². The second-order valence-electron chi connectivity index (χ2n) is 4.76. The summed E-state index contributed by atoms with van der Waals surface area (Å²) in [7, 11) is 0. The van der Waals surface area contributed by atoms with E-state index < -0.39 is 0 Å². The highest BCUT2D eigenvalue weighted by molar-refractivity contribution is 9.10. The smallest absolute Gasteiger partial charge is 0.266 e. The van der Waals surface area contributed by atoms with Gasteiger partial charge >= 0.3 is 0 Å². The molecule has 0 aliphatic carbocycles. The molecular formula is C13H14BrN3OS. The number of thiophene rings is 1. The van der Waals surface area contributed by atoms with E-state index >= 15 is 0 Å². The highest BCUT2D eigenvalue weighted by Gasteiger charge is 2.28. The lowest BCUT2D eigenvalue weighted by atomic mass is 10.2. The van der Waals surface area contributed by atoms with Crippen LogP contribution in [0.3, 0.4) is 0 Å². The minimum atomic E-state index is -0.00134. The molecule has 1 atom stereocenters. The van der Waals surface area contributed by atoms with Crippen LogP contribution in [0.15, 0.2) is 22.7 Å². The minimum Gasteiger partial charge on any atom is -0.397 e. The normalized spacial score (nSPS) is 19.3. The number of benzene rings is 1. The molecule has 0 radical (unpaired) electrons. The summed E-state index contributed by atoms with van der Waals surface area (Å²) in [6.07, 6.45) is 0.861. The van der Waals surface area contributed by atoms with Gasteiger partial charge in [-0.25, -0.2) is 0 Å². The molecule has 2 aromatic rings. The first-order valence-corrected chi connectivity index (χ1v) is 7.70. The van der Waals surface area contributed by atoms with Gasteiger partial charge in [0.15, 0.2) is 0 Å². The number of likely N-dealkylation sites (tertiary alicyclic amines) is 1. The number of carbonyl (C=O) groups excluding carboxylic acids is 1. The summed E-state index contributed by atoms with van der Waals surface area (Å²) >= 11 is 4.93. The Morgan fingerprint density at radius 1 is 1.47 bits per heavy atom. The van der Waals surface area contributed by atoms with E-state index in [0.29, 0.717) is 17.1 Å². The molecule has 1 aromatic carbocycles. The van der Waals surface area contributed by atoms with Gasteiger partial charge in [0.05, 0.1) is 5.69 Å². The van der Waals surface area contributed by atoms with E-state index in [-0.39, 0.29) is 11.9 Å². The molecule has 3 rings (SSSR count). The van der Waals surface area contributed by atoms with Crippen molar-refractivity contribution >= 4 is 48.9 Å². The van der Waals surface area contributed by atoms with Crippen molar-refractivity contribution in [1.29, 1.82) is 0 Å². The Kier molecular flexibility index (Phi) is 3.24. The van der Waals surface area contributed by atoms with Crippen molar-refractivity contribution in [1.82, 2.24) is 4.90 Å². The summed E-state index contributed by atoms with van der Waals surface area (Å²) in [5.41, 5.74) is 12.6. The third-order valence-electron chi connectivity index (χ3n) is 3.41. The molecule has 1 aromatic heterocycles. The van der Waals surface area contributed by atoms with Crippen LogP contribution in [0.25, 0.3) is 10.1 Å². The number of fused-ring (bicyclic) bond motifs is 1. The molecule has 1 aliphatic rings. The molecule has 100 valence electrons. The minimum absolute atomic E-state index is 0.00134. The van der Waals surface area contributed by atoms with Gasteiger partial charge in [-0.15, -0.1) is 11.3 Å². The third kappa shape index (κ3) is 2.13. The average Bonchev–Trinajstić information content (AvgIpc) is 2.94. The molecular weight excluding hydrogens is 326 g/mol. The van der Waals surface area contributed by atoms with Gasteiger partial charge < -0.3 is 16.4 Å². The molecule has 1 amide bonds. The van der Waals surface area contributed by atoms with E-state index in [4.69, 9.17) is 11.5 Å². The largest absolute Gasteiger partial charge is 0.397 e. The van der Waals surface area contributed by atoms with Crippen LogP contribution in [0.2, 0.25) is 0 Å². The quantitative estimate of drug-likeness (QED) is 0.837. The Bertz CT molecular complexity index is 655. The number of nitrogens with two attached hydrogens (primary N) is 2. The van der Waals surface area contributed by atoms with Crippen molar-refractivity contribution in [2.24, 2.45) is 5.73 Å². The molecule has 0 saturated carbocycles. The first-order valence-electron chi connectivity index (χ1n) is 6.09. The van der Waals surface area contributed by atoms with Crippen LogP contribution in [0.1, 0.15) is 16.1 Å². The highest BCUT2D eigenvalue weighted by Crippen LogP contribution is 2.38. The molecule has 6 heteroatoms. The molecule has 4 N–H and O–H groups in total. The fourth-order valence-corrected chi connectivity index (χ4v) is 4.23. The van der Waals surface area contributed by atoms with Crippen molar-refractivity contribution in [2.75, 3.05) is 18.8 Å². The Morgan fingerprint density at radius 3 is 2.89 bits per heavy atom. The van der Waals surface area contributed by atoms with Crippen molar-refractivity contribution in [2.45, 2.75) is 12.5 Å². The average molecular weight is 340 g/mol. The Labute approximate surface area is 123 Å². The van der Waals surface area contributed by atoms with Gasteiger partial charge in [0.2, 0.25) is 0 Å². The highest BCUT2D eigenvalue weighted by atomic mass is 79.9. The van der Waals surface area contributed by atoms with Gasteiger partial charge in [-0.1, -0.05) is 22.0 Å². The van der Waals surface area contributed by atoms with Gasteiger partial charge in [0.1, 0.15) is 4.88 Å². The number of amides is 1. The van der Waals surface area contributed by atoms with Crippen molar-refractivity contribution in [3.8, 4) is 0 Å². The monoisotopic (exact) mass is 339 g/mol. The van der Waals surface area contributed by atoms with E-state index in [1.54, 1.807) is 4.90 Å². The third-order valence-corrected chi connectivity index (χ3v) is 5.23. The van der Waals surface area contributed by atoms with E-state index in [9.17, 15) is 4.79 Å². The maximum absolute atomic E-state index is 12.5. The summed E-state index contributed by atoms with van der Waals surface area (Å²) in [5.74, 6) is -0.00134. The van der Waals surface area contributed by atoms with Gasteiger partial charge in [-0.2, -0.15) is 0 Å². The number of halogens is 1. The van der Waals surface area contributed by atoms with Gasteiger partial charge in [0, 0.05) is 33.7 Å². The first-order chi connectivity index (χ1) is 9.08. The van der Waals surface area contributed by atoms with E-state index in [0.717, 1.165) is 27.5 Å². The number of rotatable bonds is 1. The van der Waals surface area contributed by atoms with Crippen LogP contribution < -0.4 is 11.5 Å². The molecule has 1 saturated heterocycles. The summed E-state index contributed by atoms with van der Waals surface area (Å²) in [6.45, 7) is 1.34. The number of hydrogen-bond acceptors (Lipinski definition) is 4. The van der Waals surface area contributed by atoms with Crippen LogP contribution in [0.4, 0.5) is 5.69 Å². The number of carbonyl (C=O) groups is 1. The first kappa shape index (κ1) is 12.9. The van der Waals surface area contributed by atoms with E-state index in [2.05, 4.69) is 15.9 Å². The van der Waals surface area contributed by atoms with Crippen LogP contribution >= 0.6 is 27.3 Å². The van der Waals surface area contributed by atoms with Crippen LogP contribution in [-0.4, -0.2) is 29.9 Å². The maximum Gasteiger partial charge on any atom is 0.266 e. The van der Waals surface area contributed by atoms with Gasteiger partial charge in [-0.05, 0) is 18.6 Å². The van der Waals surface area contributed by atoms with Crippen molar-refractivity contribution < 1.29 is 4.79 Å². The predicted octanol–water partition coefficient (Wildman–Crippen LogP) is 2.42. The number of nitrogens with zero attached hydrogens (tertiary/aromatic N) is 1. The maximum atomic E-state index is 12.5. The molecule has 0 bridgehead atoms. The number of anilines is 1. The fraction of sp³-hybridized carbons (Fsp3) is 0.308. The summed E-state index contributed by atoms with van der Waals surface area (Å²) in [5, 5.41) is 0.930. The van der Waals surface area contributed by atoms with Gasteiger partial charge in [0.25, 0.3) is 5.91 Å². The SMILES string of the molecule is Nc1c(C(=O)N2CCC(N)C2)sc2cccc(Br)c12. The lowest BCUT2D eigenvalue weighted by molar-refractivity contribution is 0.0796. The molecule has 4 nitrogen and oxygen atoms in total. The zero-order chi connectivity index (χ0) is 13.6. The van der Waals surface area contributed by atoms with E-state index in [1.807, 2.05) is 18.2 Å². The Morgan fingerprint density at radius 2 is 2.26 bits per heavy atom. The summed E-state index contributed by atoms with van der Waals surface area (Å²) in [4.78, 5) is 14.9. The summed E-state index contributed by atoms with van der Waals surface area (Å²) < 4.78 is 1.95. The summed E-state index contributed by atoms with van der Waals surface area (Å²) in [6, 6.07) is 5.95. The zero-order valence-corrected chi connectivity index (χ0v) is 12.6. The molecule has 19 heavy (non-hydrogen) atoms. The Hall–Kier alpha value is -1.11.